The lowest BCUT2D eigenvalue weighted by Crippen LogP contribution is -2.05. The molecule has 0 saturated heterocycles. The molecule has 2 heteroatoms. The average Bonchev–Trinajstić information content (AvgIpc) is 2.70. The molecule has 1 nitrogen and oxygen atoms in total. The largest absolute Gasteiger partial charge is 0.269 e. The summed E-state index contributed by atoms with van der Waals surface area (Å²) < 4.78 is 10.9. The third-order valence-corrected chi connectivity index (χ3v) is 3.43. The molecule has 2 rings (SSSR count). The molecule has 0 amide bonds. The van der Waals surface area contributed by atoms with Crippen molar-refractivity contribution < 1.29 is 4.57 Å². The van der Waals surface area contributed by atoms with Gasteiger partial charge in [0, 0.05) is 5.30 Å². The summed E-state index contributed by atoms with van der Waals surface area (Å²) in [6.07, 6.45) is 5.20. The Morgan fingerprint density at radius 2 is 1.85 bits per heavy atom. The van der Waals surface area contributed by atoms with Gasteiger partial charge in [0.25, 0.3) is 0 Å². The van der Waals surface area contributed by atoms with E-state index in [-0.39, 0.29) is 8.46 Å². The predicted octanol–water partition coefficient (Wildman–Crippen LogP) is 3.26. The first-order valence-corrected chi connectivity index (χ1v) is 5.65. The third-order valence-electron chi connectivity index (χ3n) is 2.83. The van der Waals surface area contributed by atoms with Gasteiger partial charge in [0.15, 0.2) is 8.46 Å². The minimum atomic E-state index is 0.169. The molecule has 1 fully saturated rings. The number of hydrogen-bond donors (Lipinski definition) is 0. The normalized spacial score (nSPS) is 18.2. The van der Waals surface area contributed by atoms with E-state index in [2.05, 4.69) is 6.07 Å². The van der Waals surface area contributed by atoms with Gasteiger partial charge in [-0.2, -0.15) is 0 Å². The first-order chi connectivity index (χ1) is 6.42. The van der Waals surface area contributed by atoms with Crippen molar-refractivity contribution in [2.45, 2.75) is 31.6 Å². The topological polar surface area (TPSA) is 17.1 Å². The molecule has 0 aliphatic heterocycles. The quantitative estimate of drug-likeness (QED) is 0.657. The van der Waals surface area contributed by atoms with Crippen molar-refractivity contribution in [3.63, 3.8) is 0 Å². The maximum absolute atomic E-state index is 10.9. The second-order valence-electron chi connectivity index (χ2n) is 3.63. The van der Waals surface area contributed by atoms with E-state index in [9.17, 15) is 4.57 Å². The van der Waals surface area contributed by atoms with Crippen molar-refractivity contribution >= 4 is 13.8 Å². The molecule has 1 saturated carbocycles. The smallest absolute Gasteiger partial charge is 0.192 e. The molecule has 0 unspecified atom stereocenters. The van der Waals surface area contributed by atoms with E-state index in [0.717, 1.165) is 5.30 Å². The lowest BCUT2D eigenvalue weighted by atomic mass is 9.98. The summed E-state index contributed by atoms with van der Waals surface area (Å²) >= 11 is 0. The van der Waals surface area contributed by atoms with Gasteiger partial charge in [0.1, 0.15) is 0 Å². The zero-order valence-electron chi connectivity index (χ0n) is 7.57. The van der Waals surface area contributed by atoms with Gasteiger partial charge in [0.2, 0.25) is 0 Å². The summed E-state index contributed by atoms with van der Waals surface area (Å²) in [7, 11) is 0.169. The van der Waals surface area contributed by atoms with Crippen molar-refractivity contribution in [3.05, 3.63) is 29.8 Å². The minimum Gasteiger partial charge on any atom is -0.269 e. The van der Waals surface area contributed by atoms with Crippen LogP contribution in [0.1, 0.15) is 37.2 Å². The van der Waals surface area contributed by atoms with E-state index in [1.165, 1.54) is 31.2 Å². The van der Waals surface area contributed by atoms with E-state index in [0.29, 0.717) is 5.92 Å². The van der Waals surface area contributed by atoms with Crippen molar-refractivity contribution in [2.24, 2.45) is 0 Å². The fourth-order valence-corrected chi connectivity index (χ4v) is 2.66. The van der Waals surface area contributed by atoms with Crippen LogP contribution >= 0.6 is 8.46 Å². The molecule has 1 aliphatic carbocycles. The highest BCUT2D eigenvalue weighted by Gasteiger charge is 2.19. The van der Waals surface area contributed by atoms with Crippen molar-refractivity contribution in [1.29, 1.82) is 0 Å². The molecule has 0 atom stereocenters. The minimum absolute atomic E-state index is 0.169. The van der Waals surface area contributed by atoms with Crippen LogP contribution in [0.2, 0.25) is 0 Å². The lowest BCUT2D eigenvalue weighted by molar-refractivity contribution is 0.602. The number of hydrogen-bond acceptors (Lipinski definition) is 1. The highest BCUT2D eigenvalue weighted by atomic mass is 31.1. The van der Waals surface area contributed by atoms with Crippen LogP contribution in [-0.4, -0.2) is 0 Å². The maximum Gasteiger partial charge on any atom is 0.192 e. The Kier molecular flexibility index (Phi) is 2.75. The zero-order chi connectivity index (χ0) is 9.10. The monoisotopic (exact) mass is 192 g/mol. The molecule has 0 bridgehead atoms. The molecular weight excluding hydrogens is 179 g/mol. The van der Waals surface area contributed by atoms with Crippen LogP contribution in [0.25, 0.3) is 0 Å². The van der Waals surface area contributed by atoms with Crippen molar-refractivity contribution in [1.82, 2.24) is 0 Å². The van der Waals surface area contributed by atoms with Crippen molar-refractivity contribution in [3.8, 4) is 0 Å². The molecular formula is C11H13OP. The van der Waals surface area contributed by atoms with Crippen LogP contribution < -0.4 is 5.30 Å². The summed E-state index contributed by atoms with van der Waals surface area (Å²) in [5.74, 6) is 0.664. The molecule has 1 aromatic rings. The van der Waals surface area contributed by atoms with Gasteiger partial charge in [-0.3, -0.25) is 4.57 Å². The average molecular weight is 192 g/mol. The fourth-order valence-electron chi connectivity index (χ4n) is 2.15. The molecule has 1 aromatic carbocycles. The standard InChI is InChI=1S/C11H13OP/c12-13-11-8-4-3-7-10(11)9-5-1-2-6-9/h3-4,7-9H,1-2,5-6H2. The van der Waals surface area contributed by atoms with Crippen molar-refractivity contribution in [2.75, 3.05) is 0 Å². The summed E-state index contributed by atoms with van der Waals surface area (Å²) in [6.45, 7) is 0. The van der Waals surface area contributed by atoms with Crippen LogP contribution in [0.5, 0.6) is 0 Å². The summed E-state index contributed by atoms with van der Waals surface area (Å²) in [5, 5.41) is 0.981. The molecule has 68 valence electrons. The van der Waals surface area contributed by atoms with Gasteiger partial charge in [-0.15, -0.1) is 0 Å². The second-order valence-corrected chi connectivity index (χ2v) is 4.30. The molecule has 0 spiro atoms. The predicted molar refractivity (Wildman–Crippen MR) is 54.9 cm³/mol. The van der Waals surface area contributed by atoms with Crippen LogP contribution in [-0.2, 0) is 4.57 Å². The maximum atomic E-state index is 10.9. The second kappa shape index (κ2) is 4.02. The van der Waals surface area contributed by atoms with Crippen LogP contribution in [0.15, 0.2) is 24.3 Å². The van der Waals surface area contributed by atoms with Gasteiger partial charge >= 0.3 is 0 Å². The Bertz CT molecular complexity index is 303. The SMILES string of the molecule is O=Pc1ccccc1C1CCCC1. The Morgan fingerprint density at radius 3 is 2.54 bits per heavy atom. The molecule has 1 aliphatic rings. The highest BCUT2D eigenvalue weighted by molar-refractivity contribution is 7.34. The fraction of sp³-hybridized carbons (Fsp3) is 0.455. The number of benzene rings is 1. The Hall–Kier alpha value is -0.680. The summed E-state index contributed by atoms with van der Waals surface area (Å²) in [5.41, 5.74) is 1.30. The summed E-state index contributed by atoms with van der Waals surface area (Å²) in [6, 6.07) is 8.08. The molecule has 0 aromatic heterocycles. The molecule has 0 N–H and O–H groups in total. The molecule has 0 heterocycles. The highest BCUT2D eigenvalue weighted by Crippen LogP contribution is 2.33. The van der Waals surface area contributed by atoms with E-state index >= 15 is 0 Å². The molecule has 13 heavy (non-hydrogen) atoms. The molecule has 0 radical (unpaired) electrons. The van der Waals surface area contributed by atoms with Crippen LogP contribution in [0.3, 0.4) is 0 Å². The van der Waals surface area contributed by atoms with E-state index in [4.69, 9.17) is 0 Å². The van der Waals surface area contributed by atoms with E-state index < -0.39 is 0 Å². The van der Waals surface area contributed by atoms with Crippen LogP contribution in [0, 0.1) is 0 Å². The Balaban J connectivity index is 2.31. The Morgan fingerprint density at radius 1 is 1.15 bits per heavy atom. The summed E-state index contributed by atoms with van der Waals surface area (Å²) in [4.78, 5) is 0. The third kappa shape index (κ3) is 1.81. The Labute approximate surface area is 80.4 Å². The lowest BCUT2D eigenvalue weighted by Gasteiger charge is -2.10. The van der Waals surface area contributed by atoms with Gasteiger partial charge in [-0.25, -0.2) is 0 Å². The van der Waals surface area contributed by atoms with Gasteiger partial charge in [-0.1, -0.05) is 31.0 Å². The number of rotatable bonds is 2. The first kappa shape index (κ1) is 8.90. The van der Waals surface area contributed by atoms with Gasteiger partial charge in [-0.05, 0) is 30.4 Å². The van der Waals surface area contributed by atoms with E-state index in [1.807, 2.05) is 18.2 Å². The van der Waals surface area contributed by atoms with Gasteiger partial charge < -0.3 is 0 Å². The first-order valence-electron chi connectivity index (χ1n) is 4.84. The van der Waals surface area contributed by atoms with E-state index in [1.54, 1.807) is 0 Å². The zero-order valence-corrected chi connectivity index (χ0v) is 8.47. The van der Waals surface area contributed by atoms with Gasteiger partial charge in [0.05, 0.1) is 0 Å². The van der Waals surface area contributed by atoms with Crippen LogP contribution in [0.4, 0.5) is 0 Å².